The van der Waals surface area contributed by atoms with Crippen LogP contribution in [0.25, 0.3) is 0 Å². The Labute approximate surface area is 49.2 Å². The zero-order valence-corrected chi connectivity index (χ0v) is 4.04. The van der Waals surface area contributed by atoms with E-state index in [1.165, 1.54) is 14.1 Å². The molecule has 0 aliphatic rings. The third kappa shape index (κ3) is 22.3. The van der Waals surface area contributed by atoms with Gasteiger partial charge in [-0.1, -0.05) is 0 Å². The topological polar surface area (TPSA) is 52.0 Å². The van der Waals surface area contributed by atoms with Crippen LogP contribution in [0.15, 0.2) is 0 Å². The largest absolute Gasteiger partial charge is 0.274 e. The minimum Gasteiger partial charge on any atom is -0.274 e. The SMILES string of the molecule is NN.[B][B][B][B][B]. The van der Waals surface area contributed by atoms with E-state index in [1.54, 1.807) is 7.06 Å². The third-order valence-corrected chi connectivity index (χ3v) is 0.222. The Bertz CT molecular complexity index is 13.6. The molecule has 0 bridgehead atoms. The van der Waals surface area contributed by atoms with Crippen LogP contribution in [0.2, 0.25) is 0 Å². The van der Waals surface area contributed by atoms with E-state index in [0.29, 0.717) is 0 Å². The van der Waals surface area contributed by atoms with Gasteiger partial charge in [0.1, 0.15) is 0 Å². The van der Waals surface area contributed by atoms with Gasteiger partial charge in [-0.25, -0.2) is 0 Å². The van der Waals surface area contributed by atoms with Crippen molar-refractivity contribution in [2.45, 2.75) is 0 Å². The first-order valence-electron chi connectivity index (χ1n) is 1.67. The summed E-state index contributed by atoms with van der Waals surface area (Å²) in [6, 6.07) is 0. The van der Waals surface area contributed by atoms with E-state index in [9.17, 15) is 0 Å². The number of nitrogens with two attached hydrogens (primary N) is 2. The second-order valence-corrected chi connectivity index (χ2v) is 0.577. The summed E-state index contributed by atoms with van der Waals surface area (Å²) >= 11 is 0. The van der Waals surface area contributed by atoms with Gasteiger partial charge in [-0.2, -0.15) is 0 Å². The van der Waals surface area contributed by atoms with Gasteiger partial charge >= 0.3 is 0 Å². The molecule has 0 aliphatic heterocycles. The van der Waals surface area contributed by atoms with Crippen molar-refractivity contribution in [3.05, 3.63) is 0 Å². The fourth-order valence-electron chi connectivity index (χ4n) is 0.0642. The van der Waals surface area contributed by atoms with E-state index in [0.717, 1.165) is 0 Å². The van der Waals surface area contributed by atoms with Gasteiger partial charge in [-0.15, -0.1) is 0 Å². The fourth-order valence-corrected chi connectivity index (χ4v) is 0.0642. The van der Waals surface area contributed by atoms with E-state index >= 15 is 0 Å². The van der Waals surface area contributed by atoms with Crippen molar-refractivity contribution < 1.29 is 0 Å². The quantitative estimate of drug-likeness (QED) is 0.213. The normalized spacial score (nSPS) is 4.86. The molecule has 0 aromatic rings. The summed E-state index contributed by atoms with van der Waals surface area (Å²) < 4.78 is 0. The van der Waals surface area contributed by atoms with Gasteiger partial charge in [-0.05, 0) is 0 Å². The maximum absolute atomic E-state index is 4.85. The first-order chi connectivity index (χ1) is 3.41. The maximum Gasteiger partial charge on any atom is 0 e. The van der Waals surface area contributed by atoms with E-state index in [4.69, 9.17) is 15.5 Å². The average molecular weight is 86.1 g/mol. The number of rotatable bonds is 2. The molecule has 0 aromatic carbocycles. The van der Waals surface area contributed by atoms with Crippen LogP contribution in [-0.2, 0) is 0 Å². The first kappa shape index (κ1) is 10.3. The molecule has 7 radical (unpaired) electrons. The van der Waals surface area contributed by atoms with Gasteiger partial charge < -0.3 is 0 Å². The molecule has 0 spiro atoms. The van der Waals surface area contributed by atoms with Gasteiger partial charge in [-0.3, -0.25) is 11.7 Å². The van der Waals surface area contributed by atoms with E-state index < -0.39 is 0 Å². The number of hydrogen-bond acceptors (Lipinski definition) is 2. The van der Waals surface area contributed by atoms with Crippen LogP contribution >= 0.6 is 0 Å². The molecule has 0 rings (SSSR count). The summed E-state index contributed by atoms with van der Waals surface area (Å²) in [7, 11) is 14.0. The highest BCUT2D eigenvalue weighted by Gasteiger charge is 1.73. The molecular formula is H4B5N2. The van der Waals surface area contributed by atoms with Crippen molar-refractivity contribution >= 4 is 36.7 Å². The lowest BCUT2D eigenvalue weighted by Gasteiger charge is -1.73. The summed E-state index contributed by atoms with van der Waals surface area (Å²) in [6.45, 7) is 0. The molecule has 0 amide bonds. The van der Waals surface area contributed by atoms with E-state index in [-0.39, 0.29) is 0 Å². The highest BCUT2D eigenvalue weighted by molar-refractivity contribution is 7.49. The van der Waals surface area contributed by atoms with Crippen molar-refractivity contribution in [1.29, 1.82) is 0 Å². The first-order valence-corrected chi connectivity index (χ1v) is 1.67. The fraction of sp³-hybridized carbons (Fsp3) is 0. The Morgan fingerprint density at radius 2 is 1.29 bits per heavy atom. The molecule has 0 saturated heterocycles. The maximum atomic E-state index is 4.85. The van der Waals surface area contributed by atoms with Crippen molar-refractivity contribution in [2.75, 3.05) is 0 Å². The summed E-state index contributed by atoms with van der Waals surface area (Å²) in [5, 5.41) is 0. The second kappa shape index (κ2) is 16.3. The van der Waals surface area contributed by atoms with Crippen LogP contribution < -0.4 is 11.7 Å². The molecule has 0 aliphatic carbocycles. The van der Waals surface area contributed by atoms with Crippen LogP contribution in [0.4, 0.5) is 0 Å². The zero-order chi connectivity index (χ0) is 6.12. The summed E-state index contributed by atoms with van der Waals surface area (Å²) in [4.78, 5) is 0. The van der Waals surface area contributed by atoms with E-state index in [2.05, 4.69) is 11.7 Å². The Hall–Kier alpha value is 0.245. The summed E-state index contributed by atoms with van der Waals surface area (Å²) in [6.07, 6.45) is 0. The monoisotopic (exact) mass is 87.1 g/mol. The molecule has 0 fully saturated rings. The molecule has 7 heteroatoms. The lowest BCUT2D eigenvalue weighted by Crippen LogP contribution is -2.11. The molecule has 0 unspecified atom stereocenters. The molecule has 2 nitrogen and oxygen atoms in total. The average Bonchev–Trinajstić information content (AvgIpc) is 1.75. The molecule has 0 saturated carbocycles. The molecule has 0 aromatic heterocycles. The van der Waals surface area contributed by atoms with Gasteiger partial charge in [0.2, 0.25) is 0 Å². The van der Waals surface area contributed by atoms with Crippen LogP contribution in [-0.4, -0.2) is 36.7 Å². The van der Waals surface area contributed by atoms with Gasteiger partial charge in [0.25, 0.3) is 0 Å². The number of hydrogen-bond donors (Lipinski definition) is 2. The number of hydrazine groups is 1. The lowest BCUT2D eigenvalue weighted by molar-refractivity contribution is 1.26. The van der Waals surface area contributed by atoms with Crippen LogP contribution in [0.3, 0.4) is 0 Å². The molecule has 4 N–H and O–H groups in total. The van der Waals surface area contributed by atoms with Gasteiger partial charge in [0, 0.05) is 36.7 Å². The van der Waals surface area contributed by atoms with Crippen molar-refractivity contribution in [2.24, 2.45) is 11.7 Å². The Kier molecular flexibility index (Phi) is 23.9. The molecule has 0 atom stereocenters. The van der Waals surface area contributed by atoms with Gasteiger partial charge in [0.05, 0.1) is 0 Å². The Balaban J connectivity index is 0. The van der Waals surface area contributed by atoms with Crippen molar-refractivity contribution in [3.8, 4) is 0 Å². The summed E-state index contributed by atoms with van der Waals surface area (Å²) in [5.74, 6) is 8.00. The van der Waals surface area contributed by atoms with Crippen molar-refractivity contribution in [3.63, 3.8) is 0 Å². The third-order valence-electron chi connectivity index (χ3n) is 0.222. The zero-order valence-electron chi connectivity index (χ0n) is 4.04. The highest BCUT2D eigenvalue weighted by Crippen LogP contribution is 1.35. The second-order valence-electron chi connectivity index (χ2n) is 0.577. The molecule has 29 valence electrons. The standard InChI is InChI=1S/B5.H4N2/c1-3-5-4-2;1-2/h;1-2H2. The lowest BCUT2D eigenvalue weighted by atomic mass is 9.08. The van der Waals surface area contributed by atoms with Gasteiger partial charge in [0.15, 0.2) is 0 Å². The smallest absolute Gasteiger partial charge is 0 e. The van der Waals surface area contributed by atoms with Crippen molar-refractivity contribution in [1.82, 2.24) is 0 Å². The van der Waals surface area contributed by atoms with E-state index in [1.807, 2.05) is 0 Å². The highest BCUT2D eigenvalue weighted by atomic mass is 15.0. The Morgan fingerprint density at radius 1 is 1.00 bits per heavy atom. The van der Waals surface area contributed by atoms with Crippen LogP contribution in [0.5, 0.6) is 0 Å². The minimum atomic E-state index is 1.38. The minimum absolute atomic E-state index is 1.38. The molecule has 7 heavy (non-hydrogen) atoms. The summed E-state index contributed by atoms with van der Waals surface area (Å²) in [5.41, 5.74) is 0. The predicted molar refractivity (Wildman–Crippen MR) is 37.1 cm³/mol. The Morgan fingerprint density at radius 3 is 1.29 bits per heavy atom. The predicted octanol–water partition coefficient (Wildman–Crippen LogP) is -3.09. The van der Waals surface area contributed by atoms with Crippen LogP contribution in [0.1, 0.15) is 0 Å². The molecule has 0 heterocycles. The molecular weight excluding hydrogens is 82.1 g/mol. The van der Waals surface area contributed by atoms with Crippen LogP contribution in [0, 0.1) is 0 Å².